The molecule has 0 unspecified atom stereocenters. The van der Waals surface area contributed by atoms with Crippen molar-refractivity contribution in [3.63, 3.8) is 0 Å². The van der Waals surface area contributed by atoms with E-state index in [0.717, 1.165) is 0 Å². The van der Waals surface area contributed by atoms with Gasteiger partial charge in [0.25, 0.3) is 0 Å². The van der Waals surface area contributed by atoms with Crippen molar-refractivity contribution in [1.29, 1.82) is 0 Å². The van der Waals surface area contributed by atoms with Gasteiger partial charge in [-0.25, -0.2) is 9.59 Å². The summed E-state index contributed by atoms with van der Waals surface area (Å²) in [6.45, 7) is 10.5. The van der Waals surface area contributed by atoms with Crippen molar-refractivity contribution in [3.05, 3.63) is 24.3 Å². The Morgan fingerprint density at radius 1 is 1.20 bits per heavy atom. The van der Waals surface area contributed by atoms with Gasteiger partial charge in [-0.3, -0.25) is 0 Å². The number of aliphatic carboxylic acids is 2. The average molecular weight is 214 g/mol. The van der Waals surface area contributed by atoms with Gasteiger partial charge >= 0.3 is 11.9 Å². The fourth-order valence-electron chi connectivity index (χ4n) is 0.321. The molecule has 0 heterocycles. The highest BCUT2D eigenvalue weighted by Gasteiger charge is 2.03. The highest BCUT2D eigenvalue weighted by atomic mass is 16.4. The van der Waals surface area contributed by atoms with Crippen LogP contribution in [-0.4, -0.2) is 22.2 Å². The molecule has 0 aliphatic carbocycles. The molecule has 4 nitrogen and oxygen atoms in total. The van der Waals surface area contributed by atoms with Gasteiger partial charge in [0.05, 0.1) is 0 Å². The fourth-order valence-corrected chi connectivity index (χ4v) is 0.321. The lowest BCUT2D eigenvalue weighted by Crippen LogP contribution is -2.00. The van der Waals surface area contributed by atoms with Gasteiger partial charge in [-0.2, -0.15) is 0 Å². The van der Waals surface area contributed by atoms with Gasteiger partial charge in [-0.1, -0.05) is 33.4 Å². The molecular formula is C11H18O4. The lowest BCUT2D eigenvalue weighted by molar-refractivity contribution is -0.133. The van der Waals surface area contributed by atoms with Crippen LogP contribution in [0.3, 0.4) is 0 Å². The summed E-state index contributed by atoms with van der Waals surface area (Å²) < 4.78 is 0. The zero-order valence-electron chi connectivity index (χ0n) is 9.57. The number of carboxylic acid groups (broad SMARTS) is 2. The van der Waals surface area contributed by atoms with Crippen LogP contribution in [0.25, 0.3) is 0 Å². The van der Waals surface area contributed by atoms with Gasteiger partial charge < -0.3 is 10.2 Å². The third-order valence-electron chi connectivity index (χ3n) is 1.09. The molecule has 0 radical (unpaired) electrons. The van der Waals surface area contributed by atoms with Gasteiger partial charge in [0.15, 0.2) is 0 Å². The van der Waals surface area contributed by atoms with Crippen molar-refractivity contribution >= 4 is 11.9 Å². The van der Waals surface area contributed by atoms with Crippen LogP contribution in [0, 0.1) is 5.41 Å². The van der Waals surface area contributed by atoms with E-state index < -0.39 is 11.9 Å². The number of carbonyl (C=O) groups is 2. The molecule has 0 rings (SSSR count). The summed E-state index contributed by atoms with van der Waals surface area (Å²) in [6, 6.07) is 0. The van der Waals surface area contributed by atoms with Crippen molar-refractivity contribution < 1.29 is 19.8 Å². The molecule has 0 bridgehead atoms. The molecule has 15 heavy (non-hydrogen) atoms. The second-order valence-corrected chi connectivity index (χ2v) is 4.12. The molecule has 0 saturated heterocycles. The van der Waals surface area contributed by atoms with Gasteiger partial charge in [0.2, 0.25) is 0 Å². The smallest absolute Gasteiger partial charge is 0.330 e. The molecular weight excluding hydrogens is 196 g/mol. The summed E-state index contributed by atoms with van der Waals surface area (Å²) in [5, 5.41) is 16.1. The molecule has 0 spiro atoms. The van der Waals surface area contributed by atoms with Crippen LogP contribution in [0.4, 0.5) is 0 Å². The van der Waals surface area contributed by atoms with E-state index in [1.165, 1.54) is 13.0 Å². The van der Waals surface area contributed by atoms with Gasteiger partial charge in [0.1, 0.15) is 0 Å². The van der Waals surface area contributed by atoms with E-state index >= 15 is 0 Å². The fraction of sp³-hybridized carbons (Fsp3) is 0.455. The minimum absolute atomic E-state index is 0.0294. The van der Waals surface area contributed by atoms with E-state index in [1.54, 1.807) is 6.08 Å². The number of rotatable bonds is 2. The van der Waals surface area contributed by atoms with Crippen LogP contribution in [0.15, 0.2) is 24.3 Å². The van der Waals surface area contributed by atoms with Crippen molar-refractivity contribution in [3.8, 4) is 0 Å². The predicted molar refractivity (Wildman–Crippen MR) is 58.7 cm³/mol. The summed E-state index contributed by atoms with van der Waals surface area (Å²) in [6.07, 6.45) is 2.83. The van der Waals surface area contributed by atoms with Crippen molar-refractivity contribution in [2.24, 2.45) is 5.41 Å². The summed E-state index contributed by atoms with van der Waals surface area (Å²) in [4.78, 5) is 19.6. The summed E-state index contributed by atoms with van der Waals surface area (Å²) in [7, 11) is 0. The quantitative estimate of drug-likeness (QED) is 0.692. The van der Waals surface area contributed by atoms with Crippen LogP contribution >= 0.6 is 0 Å². The van der Waals surface area contributed by atoms with Gasteiger partial charge in [-0.05, 0) is 12.3 Å². The predicted octanol–water partition coefficient (Wildman–Crippen LogP) is 2.32. The first kappa shape index (κ1) is 15.9. The highest BCUT2D eigenvalue weighted by Crippen LogP contribution is 2.13. The second kappa shape index (κ2) is 6.81. The van der Waals surface area contributed by atoms with Gasteiger partial charge in [0, 0.05) is 11.6 Å². The van der Waals surface area contributed by atoms with E-state index in [9.17, 15) is 9.59 Å². The van der Waals surface area contributed by atoms with E-state index in [-0.39, 0.29) is 11.0 Å². The number of carboxylic acids is 2. The Labute approximate surface area is 89.9 Å². The van der Waals surface area contributed by atoms with Crippen LogP contribution in [0.5, 0.6) is 0 Å². The SMILES string of the molecule is C=C(C)C(=O)O.CC(C)(C)C=CC(=O)O. The first-order valence-electron chi connectivity index (χ1n) is 4.37. The molecule has 0 aromatic carbocycles. The molecule has 0 aromatic rings. The minimum Gasteiger partial charge on any atom is -0.478 e. The first-order chi connectivity index (χ1) is 6.56. The Bertz CT molecular complexity index is 257. The number of hydrogen-bond donors (Lipinski definition) is 2. The Balaban J connectivity index is 0. The van der Waals surface area contributed by atoms with Crippen LogP contribution in [0.2, 0.25) is 0 Å². The van der Waals surface area contributed by atoms with E-state index in [0.29, 0.717) is 0 Å². The standard InChI is InChI=1S/C7H12O2.C4H6O2/c1-7(2,3)5-4-6(8)9;1-3(2)4(5)6/h4-5H,1-3H3,(H,8,9);1H2,2H3,(H,5,6). The number of hydrogen-bond acceptors (Lipinski definition) is 2. The van der Waals surface area contributed by atoms with E-state index in [2.05, 4.69) is 6.58 Å². The Morgan fingerprint density at radius 3 is 1.60 bits per heavy atom. The van der Waals surface area contributed by atoms with E-state index in [1.807, 2.05) is 20.8 Å². The normalized spacial score (nSPS) is 10.4. The Kier molecular flexibility index (Phi) is 7.21. The van der Waals surface area contributed by atoms with E-state index in [4.69, 9.17) is 10.2 Å². The Hall–Kier alpha value is -1.58. The molecule has 2 N–H and O–H groups in total. The summed E-state index contributed by atoms with van der Waals surface area (Å²) in [5.74, 6) is -1.82. The van der Waals surface area contributed by atoms with Crippen LogP contribution < -0.4 is 0 Å². The van der Waals surface area contributed by atoms with Crippen molar-refractivity contribution in [2.75, 3.05) is 0 Å². The molecule has 4 heteroatoms. The van der Waals surface area contributed by atoms with Crippen molar-refractivity contribution in [1.82, 2.24) is 0 Å². The highest BCUT2D eigenvalue weighted by molar-refractivity contribution is 5.84. The third kappa shape index (κ3) is 19.0. The maximum atomic E-state index is 9.96. The summed E-state index contributed by atoms with van der Waals surface area (Å²) >= 11 is 0. The maximum absolute atomic E-state index is 9.96. The monoisotopic (exact) mass is 214 g/mol. The second-order valence-electron chi connectivity index (χ2n) is 4.12. The first-order valence-corrected chi connectivity index (χ1v) is 4.37. The lowest BCUT2D eigenvalue weighted by atomic mass is 9.96. The zero-order valence-corrected chi connectivity index (χ0v) is 9.57. The average Bonchev–Trinajstić information content (AvgIpc) is 2.00. The lowest BCUT2D eigenvalue weighted by Gasteiger charge is -2.09. The molecule has 86 valence electrons. The molecule has 0 amide bonds. The molecule has 0 aromatic heterocycles. The molecule has 0 aliphatic rings. The zero-order chi connectivity index (χ0) is 12.6. The largest absolute Gasteiger partial charge is 0.478 e. The van der Waals surface area contributed by atoms with Crippen molar-refractivity contribution in [2.45, 2.75) is 27.7 Å². The minimum atomic E-state index is -0.935. The molecule has 0 aliphatic heterocycles. The summed E-state index contributed by atoms with van der Waals surface area (Å²) in [5.41, 5.74) is 0.147. The molecule has 0 atom stereocenters. The van der Waals surface area contributed by atoms with Crippen LogP contribution in [-0.2, 0) is 9.59 Å². The topological polar surface area (TPSA) is 74.6 Å². The third-order valence-corrected chi connectivity index (χ3v) is 1.09. The molecule has 0 fully saturated rings. The maximum Gasteiger partial charge on any atom is 0.330 e. The molecule has 0 saturated carbocycles. The number of allylic oxidation sites excluding steroid dienone is 1. The Morgan fingerprint density at radius 2 is 1.53 bits per heavy atom. The van der Waals surface area contributed by atoms with Crippen LogP contribution in [0.1, 0.15) is 27.7 Å². The van der Waals surface area contributed by atoms with Gasteiger partial charge in [-0.15, -0.1) is 0 Å².